The van der Waals surface area contributed by atoms with Crippen molar-refractivity contribution < 1.29 is 9.53 Å². The van der Waals surface area contributed by atoms with Gasteiger partial charge in [0.15, 0.2) is 0 Å². The van der Waals surface area contributed by atoms with Crippen molar-refractivity contribution in [2.24, 2.45) is 0 Å². The highest BCUT2D eigenvalue weighted by Gasteiger charge is 2.06. The summed E-state index contributed by atoms with van der Waals surface area (Å²) in [4.78, 5) is 16.0. The predicted octanol–water partition coefficient (Wildman–Crippen LogP) is 2.45. The first kappa shape index (κ1) is 21.2. The number of carbonyl (C=O) groups is 1. The summed E-state index contributed by atoms with van der Waals surface area (Å²) in [6.07, 6.45) is 3.48. The number of amides is 1. The Hall–Kier alpha value is -1.82. The molecule has 1 aromatic heterocycles. The Morgan fingerprint density at radius 2 is 2.00 bits per heavy atom. The monoisotopic (exact) mass is 357 g/mol. The molecule has 0 fully saturated rings. The van der Waals surface area contributed by atoms with Crippen molar-refractivity contribution in [1.82, 2.24) is 15.6 Å². The van der Waals surface area contributed by atoms with Gasteiger partial charge in [0.1, 0.15) is 12.4 Å². The second-order valence-electron chi connectivity index (χ2n) is 4.54. The summed E-state index contributed by atoms with van der Waals surface area (Å²) in [7, 11) is 1.85. The maximum absolute atomic E-state index is 11.9. The molecule has 2 aromatic rings. The number of nitrogens with one attached hydrogen (secondary N) is 2. The van der Waals surface area contributed by atoms with Gasteiger partial charge in [-0.05, 0) is 31.3 Å². The Morgan fingerprint density at radius 1 is 1.17 bits per heavy atom. The molecule has 0 aliphatic heterocycles. The first-order chi connectivity index (χ1) is 10.3. The van der Waals surface area contributed by atoms with Gasteiger partial charge in [-0.25, -0.2) is 0 Å². The average Bonchev–Trinajstić information content (AvgIpc) is 2.54. The fourth-order valence-electron chi connectivity index (χ4n) is 1.78. The van der Waals surface area contributed by atoms with Crippen LogP contribution in [0, 0.1) is 0 Å². The predicted molar refractivity (Wildman–Crippen MR) is 95.8 cm³/mol. The van der Waals surface area contributed by atoms with Crippen LogP contribution >= 0.6 is 24.8 Å². The van der Waals surface area contributed by atoms with Crippen LogP contribution in [0.3, 0.4) is 0 Å². The topological polar surface area (TPSA) is 63.2 Å². The zero-order valence-corrected chi connectivity index (χ0v) is 14.5. The van der Waals surface area contributed by atoms with Gasteiger partial charge in [0.05, 0.1) is 0 Å². The third-order valence-corrected chi connectivity index (χ3v) is 2.89. The van der Waals surface area contributed by atoms with Crippen molar-refractivity contribution in [3.63, 3.8) is 0 Å². The van der Waals surface area contributed by atoms with Crippen LogP contribution in [0.4, 0.5) is 0 Å². The van der Waals surface area contributed by atoms with Crippen molar-refractivity contribution in [3.8, 4) is 5.75 Å². The van der Waals surface area contributed by atoms with Gasteiger partial charge in [0, 0.05) is 36.6 Å². The molecule has 1 heterocycles. The van der Waals surface area contributed by atoms with Crippen molar-refractivity contribution in [3.05, 3.63) is 59.9 Å². The molecule has 0 bridgehead atoms. The van der Waals surface area contributed by atoms with E-state index >= 15 is 0 Å². The number of rotatable bonds is 7. The fraction of sp³-hybridized carbons (Fsp3) is 0.250. The summed E-state index contributed by atoms with van der Waals surface area (Å²) in [6, 6.07) is 11.0. The van der Waals surface area contributed by atoms with Crippen LogP contribution in [0.5, 0.6) is 5.75 Å². The van der Waals surface area contributed by atoms with E-state index in [-0.39, 0.29) is 30.7 Å². The highest BCUT2D eigenvalue weighted by molar-refractivity contribution is 5.94. The minimum Gasteiger partial charge on any atom is -0.489 e. The minimum absolute atomic E-state index is 0. The number of nitrogens with zero attached hydrogens (tertiary/aromatic N) is 1. The van der Waals surface area contributed by atoms with Gasteiger partial charge in [-0.15, -0.1) is 24.8 Å². The van der Waals surface area contributed by atoms with E-state index in [0.29, 0.717) is 24.5 Å². The lowest BCUT2D eigenvalue weighted by atomic mass is 10.2. The van der Waals surface area contributed by atoms with Gasteiger partial charge in [-0.3, -0.25) is 9.78 Å². The summed E-state index contributed by atoms with van der Waals surface area (Å²) in [5.41, 5.74) is 1.58. The largest absolute Gasteiger partial charge is 0.489 e. The maximum atomic E-state index is 11.9. The Labute approximate surface area is 148 Å². The molecular weight excluding hydrogens is 337 g/mol. The molecule has 0 saturated carbocycles. The molecule has 23 heavy (non-hydrogen) atoms. The Kier molecular flexibility index (Phi) is 10.8. The SMILES string of the molecule is CNCCNC(=O)c1cccc(OCc2cccnc2)c1.Cl.Cl. The van der Waals surface area contributed by atoms with Gasteiger partial charge in [0.25, 0.3) is 5.91 Å². The number of ether oxygens (including phenoxy) is 1. The van der Waals surface area contributed by atoms with E-state index in [9.17, 15) is 4.79 Å². The van der Waals surface area contributed by atoms with Crippen LogP contribution in [0.2, 0.25) is 0 Å². The van der Waals surface area contributed by atoms with Crippen molar-refractivity contribution >= 4 is 30.7 Å². The van der Waals surface area contributed by atoms with Crippen LogP contribution < -0.4 is 15.4 Å². The highest BCUT2D eigenvalue weighted by Crippen LogP contribution is 2.15. The average molecular weight is 358 g/mol. The Balaban J connectivity index is 0.00000242. The number of pyridine rings is 1. The van der Waals surface area contributed by atoms with E-state index in [0.717, 1.165) is 12.1 Å². The van der Waals surface area contributed by atoms with E-state index < -0.39 is 0 Å². The van der Waals surface area contributed by atoms with Crippen LogP contribution in [-0.2, 0) is 6.61 Å². The summed E-state index contributed by atoms with van der Waals surface area (Å²) < 4.78 is 5.68. The molecule has 1 amide bonds. The number of likely N-dealkylation sites (N-methyl/N-ethyl adjacent to an activating group) is 1. The first-order valence-electron chi connectivity index (χ1n) is 6.84. The minimum atomic E-state index is -0.0999. The number of benzene rings is 1. The zero-order chi connectivity index (χ0) is 14.9. The van der Waals surface area contributed by atoms with E-state index in [1.807, 2.05) is 31.3 Å². The molecule has 0 unspecified atom stereocenters. The molecule has 1 aromatic carbocycles. The number of hydrogen-bond acceptors (Lipinski definition) is 4. The molecule has 7 heteroatoms. The molecule has 0 saturated heterocycles. The van der Waals surface area contributed by atoms with E-state index in [4.69, 9.17) is 4.74 Å². The molecule has 5 nitrogen and oxygen atoms in total. The summed E-state index contributed by atoms with van der Waals surface area (Å²) in [6.45, 7) is 1.76. The number of hydrogen-bond donors (Lipinski definition) is 2. The quantitative estimate of drug-likeness (QED) is 0.747. The number of carbonyl (C=O) groups excluding carboxylic acids is 1. The lowest BCUT2D eigenvalue weighted by Crippen LogP contribution is -2.30. The number of aromatic nitrogens is 1. The van der Waals surface area contributed by atoms with Crippen LogP contribution in [0.25, 0.3) is 0 Å². The smallest absolute Gasteiger partial charge is 0.251 e. The van der Waals surface area contributed by atoms with Gasteiger partial charge >= 0.3 is 0 Å². The van der Waals surface area contributed by atoms with E-state index in [2.05, 4.69) is 15.6 Å². The zero-order valence-electron chi connectivity index (χ0n) is 12.8. The maximum Gasteiger partial charge on any atom is 0.251 e. The molecular formula is C16H21Cl2N3O2. The third-order valence-electron chi connectivity index (χ3n) is 2.89. The highest BCUT2D eigenvalue weighted by atomic mass is 35.5. The van der Waals surface area contributed by atoms with Crippen LogP contribution in [0.1, 0.15) is 15.9 Å². The molecule has 0 aliphatic rings. The molecule has 2 N–H and O–H groups in total. The van der Waals surface area contributed by atoms with Crippen molar-refractivity contribution in [2.45, 2.75) is 6.61 Å². The van der Waals surface area contributed by atoms with Gasteiger partial charge in [-0.2, -0.15) is 0 Å². The Morgan fingerprint density at radius 3 is 2.70 bits per heavy atom. The van der Waals surface area contributed by atoms with Crippen molar-refractivity contribution in [2.75, 3.05) is 20.1 Å². The van der Waals surface area contributed by atoms with Gasteiger partial charge < -0.3 is 15.4 Å². The standard InChI is InChI=1S/C16H19N3O2.2ClH/c1-17-8-9-19-16(20)14-5-2-6-15(10-14)21-12-13-4-3-7-18-11-13;;/h2-7,10-11,17H,8-9,12H2,1H3,(H,19,20);2*1H. The van der Waals surface area contributed by atoms with Gasteiger partial charge in [-0.1, -0.05) is 12.1 Å². The molecule has 0 radical (unpaired) electrons. The van der Waals surface area contributed by atoms with E-state index in [1.54, 1.807) is 24.5 Å². The second-order valence-corrected chi connectivity index (χ2v) is 4.54. The number of halogens is 2. The van der Waals surface area contributed by atoms with Crippen molar-refractivity contribution in [1.29, 1.82) is 0 Å². The first-order valence-corrected chi connectivity index (χ1v) is 6.84. The van der Waals surface area contributed by atoms with Crippen LogP contribution in [-0.4, -0.2) is 31.0 Å². The molecule has 0 aliphatic carbocycles. The second kappa shape index (κ2) is 11.7. The fourth-order valence-corrected chi connectivity index (χ4v) is 1.78. The third kappa shape index (κ3) is 7.32. The molecule has 0 spiro atoms. The Bertz CT molecular complexity index is 583. The summed E-state index contributed by atoms with van der Waals surface area (Å²) in [5, 5.41) is 5.81. The summed E-state index contributed by atoms with van der Waals surface area (Å²) in [5.74, 6) is 0.567. The lowest BCUT2D eigenvalue weighted by Gasteiger charge is -2.08. The van der Waals surface area contributed by atoms with E-state index in [1.165, 1.54) is 0 Å². The normalized spacial score (nSPS) is 9.26. The lowest BCUT2D eigenvalue weighted by molar-refractivity contribution is 0.0953. The molecule has 126 valence electrons. The molecule has 0 atom stereocenters. The van der Waals surface area contributed by atoms with Crippen LogP contribution in [0.15, 0.2) is 48.8 Å². The summed E-state index contributed by atoms with van der Waals surface area (Å²) >= 11 is 0. The van der Waals surface area contributed by atoms with Gasteiger partial charge in [0.2, 0.25) is 0 Å². The molecule has 2 rings (SSSR count).